The largest absolute Gasteiger partial charge is 0.384 e. The molecule has 2 rings (SSSR count). The van der Waals surface area contributed by atoms with Gasteiger partial charge in [-0.15, -0.1) is 0 Å². The molecule has 3 N–H and O–H groups in total. The van der Waals surface area contributed by atoms with Gasteiger partial charge in [-0.05, 0) is 18.1 Å². The molecule has 2 aromatic rings. The molecular formula is C13H16N4O. The standard InChI is InChI=1S/C13H16N4O/c1-18-9-6-10-4-2-3-5-11(10)17-13-12(14)15-7-8-16-13/h2-5,7-8H,6,9H2,1H3,(H2,14,15)(H,16,17). The summed E-state index contributed by atoms with van der Waals surface area (Å²) in [4.78, 5) is 8.16. The van der Waals surface area contributed by atoms with Crippen molar-refractivity contribution in [2.45, 2.75) is 6.42 Å². The second kappa shape index (κ2) is 5.97. The van der Waals surface area contributed by atoms with Crippen molar-refractivity contribution in [3.63, 3.8) is 0 Å². The average Bonchev–Trinajstić information content (AvgIpc) is 2.40. The second-order valence-electron chi connectivity index (χ2n) is 3.82. The minimum atomic E-state index is 0.388. The first-order chi connectivity index (χ1) is 8.81. The Morgan fingerprint density at radius 2 is 2.00 bits per heavy atom. The van der Waals surface area contributed by atoms with Crippen LogP contribution in [0.2, 0.25) is 0 Å². The molecule has 0 unspecified atom stereocenters. The first kappa shape index (κ1) is 12.3. The van der Waals surface area contributed by atoms with Gasteiger partial charge >= 0.3 is 0 Å². The highest BCUT2D eigenvalue weighted by Gasteiger charge is 2.05. The minimum Gasteiger partial charge on any atom is -0.384 e. The lowest BCUT2D eigenvalue weighted by Gasteiger charge is -2.11. The van der Waals surface area contributed by atoms with Crippen LogP contribution in [0, 0.1) is 0 Å². The zero-order valence-corrected chi connectivity index (χ0v) is 10.3. The molecule has 1 aromatic carbocycles. The van der Waals surface area contributed by atoms with E-state index in [-0.39, 0.29) is 0 Å². The van der Waals surface area contributed by atoms with Crippen LogP contribution < -0.4 is 11.1 Å². The van der Waals surface area contributed by atoms with Gasteiger partial charge in [0.05, 0.1) is 6.61 Å². The molecular weight excluding hydrogens is 228 g/mol. The third-order valence-electron chi connectivity index (χ3n) is 2.57. The fourth-order valence-electron chi connectivity index (χ4n) is 1.64. The van der Waals surface area contributed by atoms with Crippen LogP contribution in [-0.2, 0) is 11.2 Å². The summed E-state index contributed by atoms with van der Waals surface area (Å²) in [5.74, 6) is 0.960. The van der Waals surface area contributed by atoms with Crippen LogP contribution in [0.1, 0.15) is 5.56 Å². The zero-order valence-electron chi connectivity index (χ0n) is 10.3. The van der Waals surface area contributed by atoms with Crippen molar-refractivity contribution < 1.29 is 4.74 Å². The Morgan fingerprint density at radius 3 is 2.78 bits per heavy atom. The molecule has 5 heteroatoms. The van der Waals surface area contributed by atoms with E-state index in [9.17, 15) is 0 Å². The number of aromatic nitrogens is 2. The quantitative estimate of drug-likeness (QED) is 0.841. The maximum Gasteiger partial charge on any atom is 0.173 e. The molecule has 0 spiro atoms. The number of rotatable bonds is 5. The lowest BCUT2D eigenvalue weighted by atomic mass is 10.1. The lowest BCUT2D eigenvalue weighted by molar-refractivity contribution is 0.202. The normalized spacial score (nSPS) is 10.3. The van der Waals surface area contributed by atoms with E-state index in [1.165, 1.54) is 0 Å². The molecule has 5 nitrogen and oxygen atoms in total. The molecule has 1 heterocycles. The van der Waals surface area contributed by atoms with Crippen molar-refractivity contribution in [2.75, 3.05) is 24.8 Å². The number of methoxy groups -OCH3 is 1. The van der Waals surface area contributed by atoms with Crippen LogP contribution in [0.4, 0.5) is 17.3 Å². The van der Waals surface area contributed by atoms with E-state index >= 15 is 0 Å². The third-order valence-corrected chi connectivity index (χ3v) is 2.57. The van der Waals surface area contributed by atoms with Crippen molar-refractivity contribution >= 4 is 17.3 Å². The predicted octanol–water partition coefficient (Wildman–Crippen LogP) is 1.99. The third kappa shape index (κ3) is 2.95. The molecule has 18 heavy (non-hydrogen) atoms. The minimum absolute atomic E-state index is 0.388. The summed E-state index contributed by atoms with van der Waals surface area (Å²) in [6.07, 6.45) is 4.01. The molecule has 0 amide bonds. The zero-order chi connectivity index (χ0) is 12.8. The highest BCUT2D eigenvalue weighted by molar-refractivity contribution is 5.67. The number of para-hydroxylation sites is 1. The van der Waals surface area contributed by atoms with Crippen molar-refractivity contribution in [3.8, 4) is 0 Å². The number of benzene rings is 1. The number of nitrogens with zero attached hydrogens (tertiary/aromatic N) is 2. The van der Waals surface area contributed by atoms with Gasteiger partial charge in [0.25, 0.3) is 0 Å². The van der Waals surface area contributed by atoms with E-state index in [2.05, 4.69) is 15.3 Å². The first-order valence-electron chi connectivity index (χ1n) is 5.71. The number of hydrogen-bond donors (Lipinski definition) is 2. The topological polar surface area (TPSA) is 73.1 Å². The van der Waals surface area contributed by atoms with E-state index in [0.29, 0.717) is 18.2 Å². The Morgan fingerprint density at radius 1 is 1.22 bits per heavy atom. The molecule has 0 radical (unpaired) electrons. The number of anilines is 3. The highest BCUT2D eigenvalue weighted by atomic mass is 16.5. The Bertz CT molecular complexity index is 516. The number of nitrogens with two attached hydrogens (primary N) is 1. The van der Waals surface area contributed by atoms with Gasteiger partial charge in [0, 0.05) is 25.2 Å². The molecule has 0 fully saturated rings. The summed E-state index contributed by atoms with van der Waals surface area (Å²) in [5.41, 5.74) is 7.89. The van der Waals surface area contributed by atoms with Crippen LogP contribution in [0.5, 0.6) is 0 Å². The molecule has 0 aliphatic rings. The molecule has 0 saturated heterocycles. The molecule has 0 aliphatic carbocycles. The molecule has 0 aliphatic heterocycles. The van der Waals surface area contributed by atoms with Gasteiger partial charge in [-0.2, -0.15) is 0 Å². The lowest BCUT2D eigenvalue weighted by Crippen LogP contribution is -2.04. The second-order valence-corrected chi connectivity index (χ2v) is 3.82. The van der Waals surface area contributed by atoms with Gasteiger partial charge in [0.1, 0.15) is 0 Å². The van der Waals surface area contributed by atoms with Crippen LogP contribution >= 0.6 is 0 Å². The maximum absolute atomic E-state index is 5.76. The molecule has 0 atom stereocenters. The van der Waals surface area contributed by atoms with Crippen molar-refractivity contribution in [3.05, 3.63) is 42.2 Å². The Balaban J connectivity index is 2.21. The summed E-state index contributed by atoms with van der Waals surface area (Å²) in [6, 6.07) is 7.99. The number of nitrogen functional groups attached to an aromatic ring is 1. The number of ether oxygens (including phenoxy) is 1. The van der Waals surface area contributed by atoms with Gasteiger partial charge in [-0.1, -0.05) is 18.2 Å². The van der Waals surface area contributed by atoms with Crippen LogP contribution in [0.15, 0.2) is 36.7 Å². The Kier molecular flexibility index (Phi) is 4.09. The van der Waals surface area contributed by atoms with E-state index in [0.717, 1.165) is 17.7 Å². The van der Waals surface area contributed by atoms with E-state index in [1.54, 1.807) is 19.5 Å². The van der Waals surface area contributed by atoms with E-state index in [4.69, 9.17) is 10.5 Å². The maximum atomic E-state index is 5.76. The fraction of sp³-hybridized carbons (Fsp3) is 0.231. The van der Waals surface area contributed by atoms with Crippen molar-refractivity contribution in [1.29, 1.82) is 0 Å². The van der Waals surface area contributed by atoms with Crippen molar-refractivity contribution in [2.24, 2.45) is 0 Å². The van der Waals surface area contributed by atoms with Gasteiger partial charge < -0.3 is 15.8 Å². The first-order valence-corrected chi connectivity index (χ1v) is 5.71. The van der Waals surface area contributed by atoms with Gasteiger partial charge in [-0.3, -0.25) is 0 Å². The summed E-state index contributed by atoms with van der Waals surface area (Å²) in [7, 11) is 1.69. The van der Waals surface area contributed by atoms with Gasteiger partial charge in [-0.25, -0.2) is 9.97 Å². The molecule has 94 valence electrons. The summed E-state index contributed by atoms with van der Waals surface area (Å²) >= 11 is 0. The Labute approximate surface area is 106 Å². The van der Waals surface area contributed by atoms with E-state index < -0.39 is 0 Å². The molecule has 0 bridgehead atoms. The van der Waals surface area contributed by atoms with Crippen LogP contribution in [0.25, 0.3) is 0 Å². The molecule has 1 aromatic heterocycles. The highest BCUT2D eigenvalue weighted by Crippen LogP contribution is 2.22. The Hall–Kier alpha value is -2.14. The van der Waals surface area contributed by atoms with Crippen molar-refractivity contribution in [1.82, 2.24) is 9.97 Å². The summed E-state index contributed by atoms with van der Waals surface area (Å²) in [6.45, 7) is 0.675. The number of hydrogen-bond acceptors (Lipinski definition) is 5. The molecule has 0 saturated carbocycles. The fourth-order valence-corrected chi connectivity index (χ4v) is 1.64. The van der Waals surface area contributed by atoms with Crippen LogP contribution in [0.3, 0.4) is 0 Å². The van der Waals surface area contributed by atoms with E-state index in [1.807, 2.05) is 24.3 Å². The number of nitrogens with one attached hydrogen (secondary N) is 1. The van der Waals surface area contributed by atoms with Gasteiger partial charge in [0.15, 0.2) is 11.6 Å². The summed E-state index contributed by atoms with van der Waals surface area (Å²) in [5, 5.41) is 3.20. The predicted molar refractivity (Wildman–Crippen MR) is 71.7 cm³/mol. The summed E-state index contributed by atoms with van der Waals surface area (Å²) < 4.78 is 5.09. The average molecular weight is 244 g/mol. The SMILES string of the molecule is COCCc1ccccc1Nc1nccnc1N. The monoisotopic (exact) mass is 244 g/mol. The smallest absolute Gasteiger partial charge is 0.173 e. The van der Waals surface area contributed by atoms with Crippen LogP contribution in [-0.4, -0.2) is 23.7 Å². The van der Waals surface area contributed by atoms with Gasteiger partial charge in [0.2, 0.25) is 0 Å².